The van der Waals surface area contributed by atoms with Crippen molar-refractivity contribution in [3.8, 4) is 5.75 Å². The number of aromatic amines is 1. The molecule has 0 radical (unpaired) electrons. The Kier molecular flexibility index (Phi) is 3.13. The van der Waals surface area contributed by atoms with E-state index in [1.165, 1.54) is 31.2 Å². The van der Waals surface area contributed by atoms with E-state index in [1.54, 1.807) is 7.11 Å². The molecule has 0 unspecified atom stereocenters. The second-order valence-corrected chi connectivity index (χ2v) is 6.30. The molecule has 1 N–H and O–H groups in total. The van der Waals surface area contributed by atoms with Crippen LogP contribution in [-0.2, 0) is 6.54 Å². The largest absolute Gasteiger partial charge is 0.497 e. The summed E-state index contributed by atoms with van der Waals surface area (Å²) in [5.41, 5.74) is 2.64. The minimum absolute atomic E-state index is 0.396. The lowest BCUT2D eigenvalue weighted by molar-refractivity contribution is 0.284. The molecule has 0 saturated heterocycles. The quantitative estimate of drug-likeness (QED) is 0.848. The zero-order valence-electron chi connectivity index (χ0n) is 11.5. The van der Waals surface area contributed by atoms with Gasteiger partial charge in [-0.15, -0.1) is 0 Å². The SMILES string of the molecule is COc1ccc2c(c1)[nH]c(=S)n2CC1(C)CCCC1. The zero-order chi connectivity index (χ0) is 13.5. The predicted octanol–water partition coefficient (Wildman–Crippen LogP) is 4.29. The molecule has 3 nitrogen and oxygen atoms in total. The molecule has 19 heavy (non-hydrogen) atoms. The molecule has 1 aromatic carbocycles. The molecule has 1 fully saturated rings. The number of hydrogen-bond donors (Lipinski definition) is 1. The average Bonchev–Trinajstić information content (AvgIpc) is 2.95. The summed E-state index contributed by atoms with van der Waals surface area (Å²) < 4.78 is 8.32. The summed E-state index contributed by atoms with van der Waals surface area (Å²) in [7, 11) is 1.69. The molecule has 0 atom stereocenters. The maximum absolute atomic E-state index is 5.48. The van der Waals surface area contributed by atoms with Crippen LogP contribution in [0.2, 0.25) is 0 Å². The molecule has 0 bridgehead atoms. The van der Waals surface area contributed by atoms with Crippen molar-refractivity contribution in [2.24, 2.45) is 5.41 Å². The van der Waals surface area contributed by atoms with Crippen LogP contribution in [0, 0.1) is 10.2 Å². The van der Waals surface area contributed by atoms with Gasteiger partial charge < -0.3 is 14.3 Å². The van der Waals surface area contributed by atoms with Gasteiger partial charge in [-0.25, -0.2) is 0 Å². The second-order valence-electron chi connectivity index (χ2n) is 5.92. The maximum Gasteiger partial charge on any atom is 0.178 e. The van der Waals surface area contributed by atoms with E-state index in [2.05, 4.69) is 22.5 Å². The molecular weight excluding hydrogens is 256 g/mol. The Morgan fingerprint density at radius 3 is 2.79 bits per heavy atom. The first-order chi connectivity index (χ1) is 9.11. The summed E-state index contributed by atoms with van der Waals surface area (Å²) in [6, 6.07) is 6.11. The van der Waals surface area contributed by atoms with Crippen molar-refractivity contribution in [2.75, 3.05) is 7.11 Å². The fourth-order valence-corrected chi connectivity index (χ4v) is 3.47. The van der Waals surface area contributed by atoms with Gasteiger partial charge in [0.05, 0.1) is 18.1 Å². The van der Waals surface area contributed by atoms with Crippen LogP contribution in [0.4, 0.5) is 0 Å². The van der Waals surface area contributed by atoms with Crippen LogP contribution in [-0.4, -0.2) is 16.7 Å². The first-order valence-corrected chi connectivity index (χ1v) is 7.29. The minimum Gasteiger partial charge on any atom is -0.497 e. The molecule has 1 saturated carbocycles. The zero-order valence-corrected chi connectivity index (χ0v) is 12.3. The summed E-state index contributed by atoms with van der Waals surface area (Å²) in [5, 5.41) is 0. The van der Waals surface area contributed by atoms with Crippen LogP contribution in [0.15, 0.2) is 18.2 Å². The summed E-state index contributed by atoms with van der Waals surface area (Å²) >= 11 is 5.48. The molecule has 3 rings (SSSR count). The Morgan fingerprint density at radius 2 is 2.11 bits per heavy atom. The van der Waals surface area contributed by atoms with Gasteiger partial charge in [0, 0.05) is 12.6 Å². The Balaban J connectivity index is 2.03. The van der Waals surface area contributed by atoms with E-state index in [4.69, 9.17) is 17.0 Å². The van der Waals surface area contributed by atoms with E-state index in [0.29, 0.717) is 5.41 Å². The molecule has 0 amide bonds. The monoisotopic (exact) mass is 276 g/mol. The highest BCUT2D eigenvalue weighted by molar-refractivity contribution is 7.71. The number of aromatic nitrogens is 2. The lowest BCUT2D eigenvalue weighted by atomic mass is 9.89. The molecule has 1 heterocycles. The van der Waals surface area contributed by atoms with E-state index in [9.17, 15) is 0 Å². The van der Waals surface area contributed by atoms with E-state index < -0.39 is 0 Å². The average molecular weight is 276 g/mol. The first-order valence-electron chi connectivity index (χ1n) is 6.88. The third-order valence-corrected chi connectivity index (χ3v) is 4.65. The van der Waals surface area contributed by atoms with Crippen LogP contribution in [0.25, 0.3) is 11.0 Å². The van der Waals surface area contributed by atoms with Crippen molar-refractivity contribution in [3.05, 3.63) is 23.0 Å². The molecule has 2 aromatic rings. The van der Waals surface area contributed by atoms with Crippen LogP contribution in [0.1, 0.15) is 32.6 Å². The second kappa shape index (κ2) is 4.67. The summed E-state index contributed by atoms with van der Waals surface area (Å²) in [6.45, 7) is 3.39. The van der Waals surface area contributed by atoms with Crippen molar-refractivity contribution in [2.45, 2.75) is 39.2 Å². The fourth-order valence-electron chi connectivity index (χ4n) is 3.20. The Labute approximate surface area is 118 Å². The summed E-state index contributed by atoms with van der Waals surface area (Å²) in [4.78, 5) is 3.29. The van der Waals surface area contributed by atoms with Gasteiger partial charge in [-0.2, -0.15) is 0 Å². The van der Waals surface area contributed by atoms with Crippen molar-refractivity contribution in [3.63, 3.8) is 0 Å². The highest BCUT2D eigenvalue weighted by Crippen LogP contribution is 2.39. The first kappa shape index (κ1) is 12.7. The van der Waals surface area contributed by atoms with E-state index in [1.807, 2.05) is 12.1 Å². The molecule has 1 aliphatic rings. The minimum atomic E-state index is 0.396. The highest BCUT2D eigenvalue weighted by atomic mass is 32.1. The number of ether oxygens (including phenoxy) is 1. The Bertz CT molecular complexity index is 650. The van der Waals surface area contributed by atoms with Gasteiger partial charge in [0.2, 0.25) is 0 Å². The molecule has 1 aliphatic carbocycles. The Morgan fingerprint density at radius 1 is 1.37 bits per heavy atom. The fraction of sp³-hybridized carbons (Fsp3) is 0.533. The molecule has 0 aliphatic heterocycles. The maximum atomic E-state index is 5.48. The normalized spacial score (nSPS) is 18.0. The number of imidazole rings is 1. The lowest BCUT2D eigenvalue weighted by Gasteiger charge is -2.24. The number of benzene rings is 1. The van der Waals surface area contributed by atoms with Crippen molar-refractivity contribution in [1.29, 1.82) is 0 Å². The van der Waals surface area contributed by atoms with Crippen LogP contribution in [0.3, 0.4) is 0 Å². The molecule has 102 valence electrons. The topological polar surface area (TPSA) is 29.9 Å². The number of rotatable bonds is 3. The summed E-state index contributed by atoms with van der Waals surface area (Å²) in [5.74, 6) is 0.864. The van der Waals surface area contributed by atoms with Crippen molar-refractivity contribution in [1.82, 2.24) is 9.55 Å². The van der Waals surface area contributed by atoms with E-state index in [0.717, 1.165) is 22.6 Å². The number of hydrogen-bond acceptors (Lipinski definition) is 2. The molecule has 4 heteroatoms. The van der Waals surface area contributed by atoms with E-state index in [-0.39, 0.29) is 0 Å². The molecule has 1 aromatic heterocycles. The van der Waals surface area contributed by atoms with Gasteiger partial charge >= 0.3 is 0 Å². The number of H-pyrrole nitrogens is 1. The van der Waals surface area contributed by atoms with Gasteiger partial charge in [0.1, 0.15) is 5.75 Å². The molecular formula is C15H20N2OS. The van der Waals surface area contributed by atoms with Crippen molar-refractivity contribution < 1.29 is 4.74 Å². The summed E-state index contributed by atoms with van der Waals surface area (Å²) in [6.07, 6.45) is 5.30. The lowest BCUT2D eigenvalue weighted by Crippen LogP contribution is -2.19. The van der Waals surface area contributed by atoms with Crippen LogP contribution < -0.4 is 4.74 Å². The van der Waals surface area contributed by atoms with Gasteiger partial charge in [-0.3, -0.25) is 0 Å². The highest BCUT2D eigenvalue weighted by Gasteiger charge is 2.29. The van der Waals surface area contributed by atoms with Gasteiger partial charge in [0.15, 0.2) is 4.77 Å². The smallest absolute Gasteiger partial charge is 0.178 e. The standard InChI is InChI=1S/C15H20N2OS/c1-15(7-3-4-8-15)10-17-13-6-5-11(18-2)9-12(13)16-14(17)19/h5-6,9H,3-4,7-8,10H2,1-2H3,(H,16,19). The third-order valence-electron chi connectivity index (χ3n) is 4.33. The van der Waals surface area contributed by atoms with Gasteiger partial charge in [0.25, 0.3) is 0 Å². The van der Waals surface area contributed by atoms with Crippen LogP contribution >= 0.6 is 12.2 Å². The third kappa shape index (κ3) is 2.29. The van der Waals surface area contributed by atoms with Crippen molar-refractivity contribution >= 4 is 23.3 Å². The predicted molar refractivity (Wildman–Crippen MR) is 80.2 cm³/mol. The van der Waals surface area contributed by atoms with Crippen LogP contribution in [0.5, 0.6) is 5.75 Å². The number of nitrogens with zero attached hydrogens (tertiary/aromatic N) is 1. The number of fused-ring (bicyclic) bond motifs is 1. The Hall–Kier alpha value is -1.29. The van der Waals surface area contributed by atoms with Gasteiger partial charge in [-0.1, -0.05) is 19.8 Å². The molecule has 0 spiro atoms. The number of methoxy groups -OCH3 is 1. The van der Waals surface area contributed by atoms with Gasteiger partial charge in [-0.05, 0) is 42.6 Å². The van der Waals surface area contributed by atoms with E-state index >= 15 is 0 Å². The number of nitrogens with one attached hydrogen (secondary N) is 1.